The normalized spacial score (nSPS) is 17.4. The smallest absolute Gasteiger partial charge is 0.326 e. The maximum atomic E-state index is 14.5. The Morgan fingerprint density at radius 1 is 0.525 bits per heavy atom. The van der Waals surface area contributed by atoms with Crippen LogP contribution in [-0.2, 0) is 75.2 Å². The summed E-state index contributed by atoms with van der Waals surface area (Å²) in [7, 11) is 0. The Balaban J connectivity index is 1.59. The van der Waals surface area contributed by atoms with Gasteiger partial charge in [-0.2, -0.15) is 0 Å². The monoisotopic (exact) mass is 1120 g/mol. The fourth-order valence-electron chi connectivity index (χ4n) is 9.16. The quantitative estimate of drug-likeness (QED) is 0.0308. The van der Waals surface area contributed by atoms with Gasteiger partial charge in [0.05, 0.1) is 25.3 Å². The second-order valence-corrected chi connectivity index (χ2v) is 19.4. The number of unbranched alkanes of at least 4 members (excludes halogenated alkanes) is 1. The Labute approximate surface area is 458 Å². The summed E-state index contributed by atoms with van der Waals surface area (Å²) in [6, 6.07) is -0.192. The van der Waals surface area contributed by atoms with Crippen LogP contribution in [0.15, 0.2) is 54.6 Å². The van der Waals surface area contributed by atoms with Gasteiger partial charge >= 0.3 is 17.9 Å². The predicted molar refractivity (Wildman–Crippen MR) is 278 cm³/mol. The third-order valence-corrected chi connectivity index (χ3v) is 13.2. The van der Waals surface area contributed by atoms with Gasteiger partial charge in [-0.3, -0.25) is 57.5 Å². The van der Waals surface area contributed by atoms with Gasteiger partial charge in [0.15, 0.2) is 0 Å². The zero-order valence-electron chi connectivity index (χ0n) is 43.7. The zero-order chi connectivity index (χ0) is 59.2. The molecule has 80 heavy (non-hydrogen) atoms. The van der Waals surface area contributed by atoms with Gasteiger partial charge in [-0.25, -0.2) is 4.79 Å². The first-order valence-electron chi connectivity index (χ1n) is 25.8. The van der Waals surface area contributed by atoms with Crippen molar-refractivity contribution in [2.24, 2.45) is 22.9 Å². The summed E-state index contributed by atoms with van der Waals surface area (Å²) >= 11 is 0. The molecular weight excluding hydrogens is 1050 g/mol. The number of nitrogens with zero attached hydrogens (tertiary/aromatic N) is 2. The number of carbonyl (C=O) groups is 13. The molecule has 29 nitrogen and oxygen atoms in total. The van der Waals surface area contributed by atoms with Crippen LogP contribution in [0.25, 0.3) is 0 Å². The van der Waals surface area contributed by atoms with Gasteiger partial charge in [0.2, 0.25) is 59.1 Å². The Morgan fingerprint density at radius 2 is 1.00 bits per heavy atom. The van der Waals surface area contributed by atoms with Gasteiger partial charge in [0.25, 0.3) is 0 Å². The van der Waals surface area contributed by atoms with Crippen molar-refractivity contribution in [1.29, 1.82) is 0 Å². The molecule has 2 aromatic rings. The van der Waals surface area contributed by atoms with E-state index in [0.717, 1.165) is 9.80 Å². The number of rotatable bonds is 32. The van der Waals surface area contributed by atoms with Gasteiger partial charge in [-0.1, -0.05) is 42.5 Å². The van der Waals surface area contributed by atoms with Gasteiger partial charge < -0.3 is 85.1 Å². The molecule has 18 N–H and O–H groups in total. The van der Waals surface area contributed by atoms with Crippen LogP contribution in [0, 0.1) is 0 Å². The molecule has 9 atom stereocenters. The van der Waals surface area contributed by atoms with Crippen LogP contribution in [0.2, 0.25) is 0 Å². The molecular formula is C51H70N12O17. The minimum absolute atomic E-state index is 0.0299. The fourth-order valence-corrected chi connectivity index (χ4v) is 9.16. The topological polar surface area (TPSA) is 486 Å². The van der Waals surface area contributed by atoms with Crippen LogP contribution >= 0.6 is 0 Å². The largest absolute Gasteiger partial charge is 0.508 e. The molecule has 2 saturated heterocycles. The van der Waals surface area contributed by atoms with Crippen LogP contribution in [0.5, 0.6) is 5.75 Å². The van der Waals surface area contributed by atoms with Crippen molar-refractivity contribution in [3.05, 3.63) is 65.7 Å². The molecule has 2 aromatic carbocycles. The Morgan fingerprint density at radius 3 is 1.54 bits per heavy atom. The number of benzene rings is 2. The van der Waals surface area contributed by atoms with Crippen molar-refractivity contribution in [2.75, 3.05) is 19.6 Å². The number of phenols is 1. The van der Waals surface area contributed by atoms with E-state index < -0.39 is 163 Å². The molecule has 0 spiro atoms. The summed E-state index contributed by atoms with van der Waals surface area (Å²) in [6.45, 7) is 0.110. The number of hydrogen-bond acceptors (Lipinski definition) is 16. The van der Waals surface area contributed by atoms with Gasteiger partial charge in [-0.15, -0.1) is 0 Å². The molecule has 2 aliphatic heterocycles. The van der Waals surface area contributed by atoms with Crippen molar-refractivity contribution in [3.63, 3.8) is 0 Å². The van der Waals surface area contributed by atoms with Crippen molar-refractivity contribution >= 4 is 77.0 Å². The molecule has 29 heteroatoms. The highest BCUT2D eigenvalue weighted by atomic mass is 16.4. The van der Waals surface area contributed by atoms with Crippen LogP contribution in [0.1, 0.15) is 88.2 Å². The third-order valence-electron chi connectivity index (χ3n) is 13.2. The highest BCUT2D eigenvalue weighted by Gasteiger charge is 2.42. The van der Waals surface area contributed by atoms with E-state index in [-0.39, 0.29) is 76.8 Å². The summed E-state index contributed by atoms with van der Waals surface area (Å²) in [5.74, 6) is -14.6. The molecule has 0 saturated carbocycles. The third kappa shape index (κ3) is 19.9. The maximum Gasteiger partial charge on any atom is 0.326 e. The number of carbonyl (C=O) groups excluding carboxylic acids is 10. The highest BCUT2D eigenvalue weighted by molar-refractivity contribution is 6.00. The molecule has 0 bridgehead atoms. The van der Waals surface area contributed by atoms with E-state index in [4.69, 9.17) is 22.9 Å². The standard InChI is InChI=1S/C51H70N12O17/c52-19-5-4-10-31(56-46(74)35(26-42(69)70)59-45(73)34(25-40(55)66)60-47(75)37-11-6-20-62(37)49(77)30(53)24-39(54)65)43(71)58-33(22-28-13-15-29(64)16-14-28)44(72)57-32(17-18-41(67)68)50(78)63-21-7-12-38(63)48(76)61-36(51(79)80)23-27-8-2-1-3-9-27/h1-3,8-9,13-16,30-38,64H,4-7,10-12,17-26,52-53H2,(H2,54,65)(H2,55,66)(H,56,74)(H,57,72)(H,58,71)(H,59,73)(H,60,75)(H,61,76)(H,67,68)(H,69,70)(H,79,80). The van der Waals surface area contributed by atoms with E-state index in [9.17, 15) is 82.8 Å². The lowest BCUT2D eigenvalue weighted by molar-refractivity contribution is -0.145. The fraction of sp³-hybridized carbons (Fsp3) is 0.510. The van der Waals surface area contributed by atoms with Crippen LogP contribution < -0.4 is 54.8 Å². The molecule has 9 unspecified atom stereocenters. The average Bonchev–Trinajstić information content (AvgIpc) is 4.15. The van der Waals surface area contributed by atoms with Gasteiger partial charge in [0, 0.05) is 32.4 Å². The van der Waals surface area contributed by atoms with E-state index in [0.29, 0.717) is 17.5 Å². The van der Waals surface area contributed by atoms with E-state index in [2.05, 4.69) is 31.9 Å². The number of carboxylic acids is 3. The van der Waals surface area contributed by atoms with Gasteiger partial charge in [0.1, 0.15) is 54.1 Å². The highest BCUT2D eigenvalue weighted by Crippen LogP contribution is 2.22. The Kier molecular flexibility index (Phi) is 24.7. The SMILES string of the molecule is NCCCCC(NC(=O)C(CC(=O)O)NC(=O)C(CC(N)=O)NC(=O)C1CCCN1C(=O)C(N)CC(N)=O)C(=O)NC(Cc1ccc(O)cc1)C(=O)NC(CCC(=O)O)C(=O)N1CCCC1C(=O)NC(Cc1ccccc1)C(=O)O. The van der Waals surface area contributed by atoms with E-state index in [1.54, 1.807) is 30.3 Å². The second-order valence-electron chi connectivity index (χ2n) is 19.4. The predicted octanol–water partition coefficient (Wildman–Crippen LogP) is -4.30. The summed E-state index contributed by atoms with van der Waals surface area (Å²) in [5.41, 5.74) is 23.0. The summed E-state index contributed by atoms with van der Waals surface area (Å²) in [6.07, 6.45) is -3.20. The average molecular weight is 1120 g/mol. The van der Waals surface area contributed by atoms with Crippen LogP contribution in [0.3, 0.4) is 0 Å². The Bertz CT molecular complexity index is 2590. The molecule has 0 radical (unpaired) electrons. The van der Waals surface area contributed by atoms with E-state index in [1.807, 2.05) is 0 Å². The molecule has 2 aliphatic rings. The number of aliphatic carboxylic acids is 3. The molecule has 0 aliphatic carbocycles. The number of nitrogens with two attached hydrogens (primary N) is 4. The minimum Gasteiger partial charge on any atom is -0.508 e. The second kappa shape index (κ2) is 31.0. The molecule has 4 rings (SSSR count). The van der Waals surface area contributed by atoms with Crippen LogP contribution in [0.4, 0.5) is 0 Å². The molecule has 10 amide bonds. The molecule has 0 aromatic heterocycles. The number of amides is 10. The lowest BCUT2D eigenvalue weighted by Gasteiger charge is -2.30. The zero-order valence-corrected chi connectivity index (χ0v) is 43.7. The van der Waals surface area contributed by atoms with Gasteiger partial charge in [-0.05, 0) is 81.2 Å². The van der Waals surface area contributed by atoms with Crippen LogP contribution in [-0.4, -0.2) is 181 Å². The first-order valence-corrected chi connectivity index (χ1v) is 25.8. The molecule has 2 fully saturated rings. The van der Waals surface area contributed by atoms with Crippen molar-refractivity contribution in [2.45, 2.75) is 144 Å². The lowest BCUT2D eigenvalue weighted by atomic mass is 10.0. The number of nitrogens with one attached hydrogen (secondary N) is 6. The molecule has 2 heterocycles. The Hall–Kier alpha value is -8.73. The summed E-state index contributed by atoms with van der Waals surface area (Å²) in [5, 5.41) is 53.8. The van der Waals surface area contributed by atoms with E-state index >= 15 is 0 Å². The maximum absolute atomic E-state index is 14.5. The van der Waals surface area contributed by atoms with Crippen molar-refractivity contribution < 1.29 is 82.8 Å². The summed E-state index contributed by atoms with van der Waals surface area (Å²) in [4.78, 5) is 173. The number of hydrogen-bond donors (Lipinski definition) is 14. The number of likely N-dealkylation sites (tertiary alicyclic amines) is 2. The number of phenolic OH excluding ortho intramolecular Hbond substituents is 1. The minimum atomic E-state index is -2.01. The first kappa shape index (κ1) is 63.8. The van der Waals surface area contributed by atoms with Crippen molar-refractivity contribution in [1.82, 2.24) is 41.7 Å². The number of primary amides is 2. The number of aromatic hydroxyl groups is 1. The summed E-state index contributed by atoms with van der Waals surface area (Å²) < 4.78 is 0. The molecule has 436 valence electrons. The first-order chi connectivity index (χ1) is 37.9. The number of carboxylic acid groups (broad SMARTS) is 3. The van der Waals surface area contributed by atoms with E-state index in [1.165, 1.54) is 24.3 Å². The van der Waals surface area contributed by atoms with Crippen molar-refractivity contribution in [3.8, 4) is 5.75 Å². The lowest BCUT2D eigenvalue weighted by Crippen LogP contribution is -2.61.